The van der Waals surface area contributed by atoms with E-state index in [4.69, 9.17) is 4.74 Å². The van der Waals surface area contributed by atoms with Crippen LogP contribution in [0, 0.1) is 6.92 Å². The van der Waals surface area contributed by atoms with Gasteiger partial charge in [-0.05, 0) is 48.4 Å². The van der Waals surface area contributed by atoms with Gasteiger partial charge in [-0.3, -0.25) is 0 Å². The number of aliphatic hydroxyl groups is 1. The molecule has 2 N–H and O–H groups in total. The Balaban J connectivity index is 1.70. The van der Waals surface area contributed by atoms with E-state index in [1.54, 1.807) is 11.3 Å². The van der Waals surface area contributed by atoms with Gasteiger partial charge in [-0.25, -0.2) is 0 Å². The Kier molecular flexibility index (Phi) is 5.59. The summed E-state index contributed by atoms with van der Waals surface area (Å²) in [7, 11) is 0. The van der Waals surface area contributed by atoms with Gasteiger partial charge in [-0.2, -0.15) is 11.3 Å². The van der Waals surface area contributed by atoms with Gasteiger partial charge in [-0.1, -0.05) is 17.7 Å². The van der Waals surface area contributed by atoms with E-state index in [0.717, 1.165) is 5.75 Å². The molecular formula is C16H21NO2S. The van der Waals surface area contributed by atoms with Crippen LogP contribution in [0.5, 0.6) is 5.75 Å². The molecule has 2 atom stereocenters. The zero-order chi connectivity index (χ0) is 14.4. The summed E-state index contributed by atoms with van der Waals surface area (Å²) in [4.78, 5) is 0. The number of benzene rings is 1. The zero-order valence-electron chi connectivity index (χ0n) is 11.9. The SMILES string of the molecule is Cc1ccc(OCC(O)CNC(C)c2ccsc2)cc1. The topological polar surface area (TPSA) is 41.5 Å². The number of nitrogens with one attached hydrogen (secondary N) is 1. The third-order valence-electron chi connectivity index (χ3n) is 3.17. The molecule has 2 unspecified atom stereocenters. The van der Waals surface area contributed by atoms with Gasteiger partial charge in [0.15, 0.2) is 0 Å². The Bertz CT molecular complexity index is 496. The zero-order valence-corrected chi connectivity index (χ0v) is 12.7. The quantitative estimate of drug-likeness (QED) is 0.823. The summed E-state index contributed by atoms with van der Waals surface area (Å²) in [5.74, 6) is 0.792. The van der Waals surface area contributed by atoms with E-state index in [0.29, 0.717) is 13.2 Å². The average Bonchev–Trinajstić information content (AvgIpc) is 2.98. The minimum absolute atomic E-state index is 0.246. The second-order valence-electron chi connectivity index (χ2n) is 4.96. The lowest BCUT2D eigenvalue weighted by Gasteiger charge is -2.17. The molecular weight excluding hydrogens is 270 g/mol. The van der Waals surface area contributed by atoms with Gasteiger partial charge < -0.3 is 15.2 Å². The molecule has 0 fully saturated rings. The van der Waals surface area contributed by atoms with Gasteiger partial charge in [-0.15, -0.1) is 0 Å². The molecule has 1 aromatic carbocycles. The molecule has 3 nitrogen and oxygen atoms in total. The first-order valence-corrected chi connectivity index (χ1v) is 7.72. The normalized spacial score (nSPS) is 13.9. The lowest BCUT2D eigenvalue weighted by Crippen LogP contribution is -2.32. The van der Waals surface area contributed by atoms with Crippen molar-refractivity contribution < 1.29 is 9.84 Å². The van der Waals surface area contributed by atoms with Gasteiger partial charge in [0, 0.05) is 12.6 Å². The number of rotatable bonds is 7. The number of aryl methyl sites for hydroxylation is 1. The van der Waals surface area contributed by atoms with Gasteiger partial charge in [0.05, 0.1) is 0 Å². The third kappa shape index (κ3) is 4.63. The Morgan fingerprint density at radius 1 is 1.25 bits per heavy atom. The number of hydrogen-bond acceptors (Lipinski definition) is 4. The second-order valence-corrected chi connectivity index (χ2v) is 5.74. The maximum absolute atomic E-state index is 9.93. The van der Waals surface area contributed by atoms with Gasteiger partial charge in [0.2, 0.25) is 0 Å². The third-order valence-corrected chi connectivity index (χ3v) is 3.87. The fraction of sp³-hybridized carbons (Fsp3) is 0.375. The highest BCUT2D eigenvalue weighted by molar-refractivity contribution is 7.07. The summed E-state index contributed by atoms with van der Waals surface area (Å²) in [6, 6.07) is 10.2. The largest absolute Gasteiger partial charge is 0.491 e. The summed E-state index contributed by atoms with van der Waals surface area (Å²) in [5.41, 5.74) is 2.45. The fourth-order valence-electron chi connectivity index (χ4n) is 1.84. The average molecular weight is 291 g/mol. The molecule has 1 aromatic heterocycles. The van der Waals surface area contributed by atoms with E-state index < -0.39 is 6.10 Å². The monoisotopic (exact) mass is 291 g/mol. The van der Waals surface area contributed by atoms with Crippen molar-refractivity contribution >= 4 is 11.3 Å². The van der Waals surface area contributed by atoms with Crippen LogP contribution in [0.3, 0.4) is 0 Å². The maximum Gasteiger partial charge on any atom is 0.119 e. The van der Waals surface area contributed by atoms with Crippen LogP contribution < -0.4 is 10.1 Å². The molecule has 2 aromatic rings. The minimum Gasteiger partial charge on any atom is -0.491 e. The van der Waals surface area contributed by atoms with Crippen LogP contribution in [0.25, 0.3) is 0 Å². The van der Waals surface area contributed by atoms with Crippen LogP contribution in [0.15, 0.2) is 41.1 Å². The van der Waals surface area contributed by atoms with Crippen molar-refractivity contribution in [1.29, 1.82) is 0 Å². The number of ether oxygens (including phenoxy) is 1. The molecule has 0 spiro atoms. The van der Waals surface area contributed by atoms with Crippen molar-refractivity contribution in [1.82, 2.24) is 5.32 Å². The highest BCUT2D eigenvalue weighted by Crippen LogP contribution is 2.15. The molecule has 20 heavy (non-hydrogen) atoms. The summed E-state index contributed by atoms with van der Waals surface area (Å²) < 4.78 is 5.56. The first-order chi connectivity index (χ1) is 9.65. The molecule has 0 amide bonds. The standard InChI is InChI=1S/C16H21NO2S/c1-12-3-5-16(6-4-12)19-10-15(18)9-17-13(2)14-7-8-20-11-14/h3-8,11,13,15,17-18H,9-10H2,1-2H3. The first-order valence-electron chi connectivity index (χ1n) is 6.78. The van der Waals surface area contributed by atoms with E-state index >= 15 is 0 Å². The summed E-state index contributed by atoms with van der Waals surface area (Å²) in [5, 5.41) is 17.4. The van der Waals surface area contributed by atoms with Crippen molar-refractivity contribution in [2.24, 2.45) is 0 Å². The van der Waals surface area contributed by atoms with Crippen LogP contribution in [-0.4, -0.2) is 24.4 Å². The smallest absolute Gasteiger partial charge is 0.119 e. The predicted octanol–water partition coefficient (Wildman–Crippen LogP) is 3.15. The molecule has 0 saturated carbocycles. The van der Waals surface area contributed by atoms with Crippen molar-refractivity contribution in [3.8, 4) is 5.75 Å². The molecule has 1 heterocycles. The molecule has 0 aliphatic carbocycles. The molecule has 4 heteroatoms. The summed E-state index contributed by atoms with van der Waals surface area (Å²) in [6.45, 7) is 4.94. The molecule has 0 aliphatic heterocycles. The Labute approximate surface area is 124 Å². The Morgan fingerprint density at radius 3 is 2.65 bits per heavy atom. The first kappa shape index (κ1) is 15.0. The lowest BCUT2D eigenvalue weighted by molar-refractivity contribution is 0.104. The molecule has 108 valence electrons. The predicted molar refractivity (Wildman–Crippen MR) is 83.4 cm³/mol. The van der Waals surface area contributed by atoms with Crippen molar-refractivity contribution in [2.75, 3.05) is 13.2 Å². The Morgan fingerprint density at radius 2 is 2.00 bits per heavy atom. The lowest BCUT2D eigenvalue weighted by atomic mass is 10.2. The molecule has 0 radical (unpaired) electrons. The van der Waals surface area contributed by atoms with Crippen LogP contribution in [-0.2, 0) is 0 Å². The van der Waals surface area contributed by atoms with Gasteiger partial charge in [0.1, 0.15) is 18.5 Å². The van der Waals surface area contributed by atoms with E-state index in [1.807, 2.05) is 31.2 Å². The Hall–Kier alpha value is -1.36. The van der Waals surface area contributed by atoms with Crippen molar-refractivity contribution in [3.05, 3.63) is 52.2 Å². The molecule has 0 bridgehead atoms. The number of hydrogen-bond donors (Lipinski definition) is 2. The molecule has 0 aliphatic rings. The van der Waals surface area contributed by atoms with E-state index in [9.17, 15) is 5.11 Å². The van der Waals surface area contributed by atoms with E-state index in [-0.39, 0.29) is 6.04 Å². The summed E-state index contributed by atoms with van der Waals surface area (Å²) >= 11 is 1.68. The molecule has 2 rings (SSSR count). The highest BCUT2D eigenvalue weighted by atomic mass is 32.1. The van der Waals surface area contributed by atoms with E-state index in [1.165, 1.54) is 11.1 Å². The number of aliphatic hydroxyl groups excluding tert-OH is 1. The van der Waals surface area contributed by atoms with E-state index in [2.05, 4.69) is 29.1 Å². The van der Waals surface area contributed by atoms with Gasteiger partial charge >= 0.3 is 0 Å². The second kappa shape index (κ2) is 7.43. The number of thiophene rings is 1. The van der Waals surface area contributed by atoms with Crippen molar-refractivity contribution in [3.63, 3.8) is 0 Å². The van der Waals surface area contributed by atoms with Crippen LogP contribution >= 0.6 is 11.3 Å². The minimum atomic E-state index is -0.516. The van der Waals surface area contributed by atoms with Crippen LogP contribution in [0.2, 0.25) is 0 Å². The van der Waals surface area contributed by atoms with Gasteiger partial charge in [0.25, 0.3) is 0 Å². The van der Waals surface area contributed by atoms with Crippen molar-refractivity contribution in [2.45, 2.75) is 26.0 Å². The molecule has 0 saturated heterocycles. The van der Waals surface area contributed by atoms with Crippen LogP contribution in [0.4, 0.5) is 0 Å². The van der Waals surface area contributed by atoms with Crippen LogP contribution in [0.1, 0.15) is 24.1 Å². The fourth-order valence-corrected chi connectivity index (χ4v) is 2.59. The summed E-state index contributed by atoms with van der Waals surface area (Å²) in [6.07, 6.45) is -0.516. The highest BCUT2D eigenvalue weighted by Gasteiger charge is 2.09. The maximum atomic E-state index is 9.93.